The van der Waals surface area contributed by atoms with Gasteiger partial charge < -0.3 is 15.9 Å². The fraction of sp³-hybridized carbons (Fsp3) is 0.857. The van der Waals surface area contributed by atoms with E-state index in [2.05, 4.69) is 0 Å². The number of carboxylic acids is 1. The van der Waals surface area contributed by atoms with Crippen LogP contribution >= 0.6 is 0 Å². The molecule has 0 spiro atoms. The average Bonchev–Trinajstić information content (AvgIpc) is 1.86. The molecule has 0 aromatic rings. The molecule has 1 atom stereocenters. The lowest BCUT2D eigenvalue weighted by molar-refractivity contribution is -0.137. The van der Waals surface area contributed by atoms with Crippen molar-refractivity contribution in [1.82, 2.24) is 0 Å². The van der Waals surface area contributed by atoms with Gasteiger partial charge in [0.25, 0.3) is 0 Å². The first-order valence-corrected chi connectivity index (χ1v) is 3.75. The summed E-state index contributed by atoms with van der Waals surface area (Å²) in [5.41, 5.74) is 5.45. The van der Waals surface area contributed by atoms with Crippen molar-refractivity contribution in [3.05, 3.63) is 0 Å². The largest absolute Gasteiger partial charge is 0.481 e. The lowest BCUT2D eigenvalue weighted by Gasteiger charge is -2.06. The number of aliphatic hydroxyl groups is 1. The van der Waals surface area contributed by atoms with Crippen molar-refractivity contribution in [2.24, 2.45) is 5.73 Å². The summed E-state index contributed by atoms with van der Waals surface area (Å²) in [4.78, 5) is 10.1. The first-order valence-electron chi connectivity index (χ1n) is 3.75. The Morgan fingerprint density at radius 1 is 1.45 bits per heavy atom. The molecule has 0 heterocycles. The highest BCUT2D eigenvalue weighted by Gasteiger charge is 2.06. The molecule has 0 aromatic carbocycles. The SMILES string of the molecule is NC(CCCCO)CC(=O)O. The van der Waals surface area contributed by atoms with E-state index in [1.807, 2.05) is 0 Å². The van der Waals surface area contributed by atoms with Crippen molar-refractivity contribution in [2.75, 3.05) is 6.61 Å². The Morgan fingerprint density at radius 2 is 2.09 bits per heavy atom. The van der Waals surface area contributed by atoms with Gasteiger partial charge in [-0.1, -0.05) is 0 Å². The number of carbonyl (C=O) groups is 1. The Labute approximate surface area is 66.0 Å². The summed E-state index contributed by atoms with van der Waals surface area (Å²) in [7, 11) is 0. The molecular weight excluding hydrogens is 146 g/mol. The van der Waals surface area contributed by atoms with Crippen LogP contribution in [0, 0.1) is 0 Å². The van der Waals surface area contributed by atoms with E-state index < -0.39 is 5.97 Å². The molecule has 0 aromatic heterocycles. The number of nitrogens with two attached hydrogens (primary N) is 1. The van der Waals surface area contributed by atoms with Crippen molar-refractivity contribution in [3.63, 3.8) is 0 Å². The topological polar surface area (TPSA) is 83.5 Å². The zero-order valence-corrected chi connectivity index (χ0v) is 6.49. The molecule has 0 saturated carbocycles. The van der Waals surface area contributed by atoms with E-state index in [1.54, 1.807) is 0 Å². The molecule has 0 aliphatic heterocycles. The predicted molar refractivity (Wildman–Crippen MR) is 41.2 cm³/mol. The van der Waals surface area contributed by atoms with Gasteiger partial charge in [0, 0.05) is 12.6 Å². The maximum absolute atomic E-state index is 10.1. The molecule has 4 nitrogen and oxygen atoms in total. The molecule has 0 bridgehead atoms. The van der Waals surface area contributed by atoms with Gasteiger partial charge in [0.05, 0.1) is 6.42 Å². The Balaban J connectivity index is 3.22. The molecule has 0 rings (SSSR count). The van der Waals surface area contributed by atoms with Crippen molar-refractivity contribution in [1.29, 1.82) is 0 Å². The molecule has 0 radical (unpaired) electrons. The van der Waals surface area contributed by atoms with Crippen molar-refractivity contribution >= 4 is 5.97 Å². The van der Waals surface area contributed by atoms with E-state index in [1.165, 1.54) is 0 Å². The molecule has 66 valence electrons. The van der Waals surface area contributed by atoms with Gasteiger partial charge in [-0.15, -0.1) is 0 Å². The molecule has 0 aliphatic carbocycles. The van der Waals surface area contributed by atoms with Crippen LogP contribution in [-0.2, 0) is 4.79 Å². The van der Waals surface area contributed by atoms with E-state index in [4.69, 9.17) is 15.9 Å². The number of aliphatic hydroxyl groups excluding tert-OH is 1. The number of carboxylic acid groups (broad SMARTS) is 1. The summed E-state index contributed by atoms with van der Waals surface area (Å²) >= 11 is 0. The summed E-state index contributed by atoms with van der Waals surface area (Å²) in [6.45, 7) is 0.153. The highest BCUT2D eigenvalue weighted by molar-refractivity contribution is 5.67. The van der Waals surface area contributed by atoms with Crippen molar-refractivity contribution < 1.29 is 15.0 Å². The third-order valence-electron chi connectivity index (χ3n) is 1.42. The fourth-order valence-corrected chi connectivity index (χ4v) is 0.845. The summed E-state index contributed by atoms with van der Waals surface area (Å²) in [5, 5.41) is 16.7. The third kappa shape index (κ3) is 7.29. The van der Waals surface area contributed by atoms with Gasteiger partial charge in [-0.3, -0.25) is 4.79 Å². The number of hydrogen-bond acceptors (Lipinski definition) is 3. The number of aliphatic carboxylic acids is 1. The molecule has 0 fully saturated rings. The standard InChI is InChI=1S/C7H15NO3/c8-6(5-7(10)11)3-1-2-4-9/h6,9H,1-5,8H2,(H,10,11). The summed E-state index contributed by atoms with van der Waals surface area (Å²) in [6, 6.07) is -0.265. The van der Waals surface area contributed by atoms with Crippen LogP contribution in [0.5, 0.6) is 0 Å². The first-order chi connectivity index (χ1) is 5.16. The number of rotatable bonds is 6. The molecule has 11 heavy (non-hydrogen) atoms. The second-order valence-electron chi connectivity index (χ2n) is 2.58. The normalized spacial score (nSPS) is 12.9. The van der Waals surface area contributed by atoms with Crippen LogP contribution in [0.15, 0.2) is 0 Å². The predicted octanol–water partition coefficient (Wildman–Crippen LogP) is -0.0490. The van der Waals surface area contributed by atoms with Gasteiger partial charge in [0.15, 0.2) is 0 Å². The average molecular weight is 161 g/mol. The molecule has 4 heteroatoms. The Hall–Kier alpha value is -0.610. The van der Waals surface area contributed by atoms with Crippen LogP contribution in [0.4, 0.5) is 0 Å². The summed E-state index contributed by atoms with van der Waals surface area (Å²) in [6.07, 6.45) is 2.19. The zero-order chi connectivity index (χ0) is 8.69. The van der Waals surface area contributed by atoms with Gasteiger partial charge in [0.1, 0.15) is 0 Å². The lowest BCUT2D eigenvalue weighted by Crippen LogP contribution is -2.23. The summed E-state index contributed by atoms with van der Waals surface area (Å²) < 4.78 is 0. The van der Waals surface area contributed by atoms with Gasteiger partial charge in [-0.25, -0.2) is 0 Å². The van der Waals surface area contributed by atoms with E-state index in [0.717, 1.165) is 6.42 Å². The monoisotopic (exact) mass is 161 g/mol. The van der Waals surface area contributed by atoms with Crippen LogP contribution in [0.3, 0.4) is 0 Å². The van der Waals surface area contributed by atoms with Crippen LogP contribution in [0.1, 0.15) is 25.7 Å². The van der Waals surface area contributed by atoms with Gasteiger partial charge in [-0.2, -0.15) is 0 Å². The lowest BCUT2D eigenvalue weighted by atomic mass is 10.1. The summed E-state index contributed by atoms with van der Waals surface area (Å²) in [5.74, 6) is -0.860. The van der Waals surface area contributed by atoms with Crippen LogP contribution in [-0.4, -0.2) is 28.8 Å². The van der Waals surface area contributed by atoms with E-state index in [0.29, 0.717) is 12.8 Å². The minimum absolute atomic E-state index is 0.0193. The molecule has 0 saturated heterocycles. The van der Waals surface area contributed by atoms with Crippen molar-refractivity contribution in [3.8, 4) is 0 Å². The highest BCUT2D eigenvalue weighted by atomic mass is 16.4. The highest BCUT2D eigenvalue weighted by Crippen LogP contribution is 2.01. The molecule has 1 unspecified atom stereocenters. The first kappa shape index (κ1) is 10.4. The van der Waals surface area contributed by atoms with Crippen LogP contribution in [0.2, 0.25) is 0 Å². The van der Waals surface area contributed by atoms with Crippen molar-refractivity contribution in [2.45, 2.75) is 31.7 Å². The molecule has 0 amide bonds. The quantitative estimate of drug-likeness (QED) is 0.477. The zero-order valence-electron chi connectivity index (χ0n) is 6.49. The van der Waals surface area contributed by atoms with E-state index >= 15 is 0 Å². The van der Waals surface area contributed by atoms with Gasteiger partial charge in [-0.05, 0) is 19.3 Å². The third-order valence-corrected chi connectivity index (χ3v) is 1.42. The van der Waals surface area contributed by atoms with Crippen LogP contribution in [0.25, 0.3) is 0 Å². The molecule has 4 N–H and O–H groups in total. The Morgan fingerprint density at radius 3 is 2.55 bits per heavy atom. The number of unbranched alkanes of at least 4 members (excludes halogenated alkanes) is 1. The van der Waals surface area contributed by atoms with E-state index in [9.17, 15) is 4.79 Å². The number of hydrogen-bond donors (Lipinski definition) is 3. The smallest absolute Gasteiger partial charge is 0.304 e. The minimum atomic E-state index is -0.860. The second-order valence-corrected chi connectivity index (χ2v) is 2.58. The van der Waals surface area contributed by atoms with Crippen LogP contribution < -0.4 is 5.73 Å². The Bertz CT molecular complexity index is 116. The van der Waals surface area contributed by atoms with Gasteiger partial charge in [0.2, 0.25) is 0 Å². The maximum Gasteiger partial charge on any atom is 0.304 e. The second kappa shape index (κ2) is 6.12. The van der Waals surface area contributed by atoms with E-state index in [-0.39, 0.29) is 19.1 Å². The maximum atomic E-state index is 10.1. The Kier molecular flexibility index (Phi) is 5.78. The molecule has 0 aliphatic rings. The van der Waals surface area contributed by atoms with Gasteiger partial charge >= 0.3 is 5.97 Å². The fourth-order valence-electron chi connectivity index (χ4n) is 0.845. The minimum Gasteiger partial charge on any atom is -0.481 e. The molecular formula is C7H15NO3.